The van der Waals surface area contributed by atoms with E-state index in [4.69, 9.17) is 0 Å². The number of carbonyl (C=O) groups is 1. The predicted molar refractivity (Wildman–Crippen MR) is 95.4 cm³/mol. The Morgan fingerprint density at radius 1 is 1.29 bits per heavy atom. The fourth-order valence-electron chi connectivity index (χ4n) is 1.86. The van der Waals surface area contributed by atoms with Gasteiger partial charge in [-0.2, -0.15) is 0 Å². The van der Waals surface area contributed by atoms with E-state index in [2.05, 4.69) is 39.6 Å². The van der Waals surface area contributed by atoms with Crippen molar-refractivity contribution in [2.75, 3.05) is 5.75 Å². The Morgan fingerprint density at radius 2 is 1.95 bits per heavy atom. The first-order chi connectivity index (χ1) is 9.70. The third-order valence-corrected chi connectivity index (χ3v) is 6.45. The Bertz CT molecular complexity index is 526. The van der Waals surface area contributed by atoms with Crippen molar-refractivity contribution in [3.05, 3.63) is 41.0 Å². The van der Waals surface area contributed by atoms with Crippen LogP contribution in [-0.4, -0.2) is 24.9 Å². The minimum Gasteiger partial charge on any atom is -0.478 e. The van der Waals surface area contributed by atoms with Crippen LogP contribution in [0, 0.1) is 0 Å². The summed E-state index contributed by atoms with van der Waals surface area (Å²) in [5, 5.41) is 9.41. The zero-order valence-corrected chi connectivity index (χ0v) is 15.5. The van der Waals surface area contributed by atoms with Gasteiger partial charge in [-0.25, -0.2) is 4.79 Å². The molecule has 1 N–H and O–H groups in total. The highest BCUT2D eigenvalue weighted by atomic mass is 32.2. The van der Waals surface area contributed by atoms with E-state index in [0.29, 0.717) is 5.56 Å². The molecule has 0 fully saturated rings. The predicted octanol–water partition coefficient (Wildman–Crippen LogP) is 5.32. The average Bonchev–Trinajstić information content (AvgIpc) is 2.35. The van der Waals surface area contributed by atoms with Crippen LogP contribution in [0.4, 0.5) is 0 Å². The van der Waals surface area contributed by atoms with Crippen LogP contribution >= 0.6 is 11.8 Å². The first kappa shape index (κ1) is 18.0. The molecule has 0 saturated carbocycles. The molecule has 0 radical (unpaired) electrons. The second-order valence-electron chi connectivity index (χ2n) is 6.74. The van der Waals surface area contributed by atoms with E-state index in [1.165, 1.54) is 11.6 Å². The summed E-state index contributed by atoms with van der Waals surface area (Å²) in [7, 11) is -1.09. The first-order valence-electron chi connectivity index (χ1n) is 7.32. The molecule has 4 heteroatoms. The van der Waals surface area contributed by atoms with E-state index in [0.717, 1.165) is 22.6 Å². The Balaban J connectivity index is 3.00. The number of aromatic carboxylic acids is 1. The van der Waals surface area contributed by atoms with Crippen molar-refractivity contribution in [1.29, 1.82) is 0 Å². The van der Waals surface area contributed by atoms with Crippen molar-refractivity contribution >= 4 is 25.8 Å². The molecule has 0 saturated heterocycles. The van der Waals surface area contributed by atoms with Crippen LogP contribution in [0.1, 0.15) is 29.8 Å². The maximum Gasteiger partial charge on any atom is 0.336 e. The van der Waals surface area contributed by atoms with Crippen molar-refractivity contribution < 1.29 is 9.90 Å². The van der Waals surface area contributed by atoms with Gasteiger partial charge in [-0.05, 0) is 43.7 Å². The van der Waals surface area contributed by atoms with Crippen molar-refractivity contribution in [2.45, 2.75) is 50.8 Å². The molecule has 1 aromatic carbocycles. The molecular weight excluding hydrogens is 296 g/mol. The van der Waals surface area contributed by atoms with E-state index in [1.807, 2.05) is 12.1 Å². The standard InChI is InChI=1S/C17H26O2SSi/c1-13(2)9-10-14-7-6-8-15(17(18)19)16(14)20-11-12-21(3,4)5/h6-9H,10-12H2,1-5H3,(H,18,19). The summed E-state index contributed by atoms with van der Waals surface area (Å²) < 4.78 is 0. The highest BCUT2D eigenvalue weighted by Gasteiger charge is 2.17. The van der Waals surface area contributed by atoms with Gasteiger partial charge in [-0.1, -0.05) is 43.4 Å². The second kappa shape index (κ2) is 7.85. The van der Waals surface area contributed by atoms with Crippen LogP contribution in [0.15, 0.2) is 34.7 Å². The minimum atomic E-state index is -1.09. The summed E-state index contributed by atoms with van der Waals surface area (Å²) >= 11 is 1.71. The van der Waals surface area contributed by atoms with Crippen LogP contribution in [0.25, 0.3) is 0 Å². The summed E-state index contributed by atoms with van der Waals surface area (Å²) in [5.74, 6) is 0.173. The number of thioether (sulfide) groups is 1. The monoisotopic (exact) mass is 322 g/mol. The van der Waals surface area contributed by atoms with Gasteiger partial charge in [-0.3, -0.25) is 0 Å². The molecule has 2 nitrogen and oxygen atoms in total. The SMILES string of the molecule is CC(C)=CCc1cccc(C(=O)O)c1SCC[Si](C)(C)C. The van der Waals surface area contributed by atoms with Gasteiger partial charge in [-0.15, -0.1) is 11.8 Å². The highest BCUT2D eigenvalue weighted by molar-refractivity contribution is 7.99. The third-order valence-electron chi connectivity index (χ3n) is 3.16. The van der Waals surface area contributed by atoms with Crippen molar-refractivity contribution in [1.82, 2.24) is 0 Å². The topological polar surface area (TPSA) is 37.3 Å². The zero-order chi connectivity index (χ0) is 16.0. The molecule has 0 atom stereocenters. The van der Waals surface area contributed by atoms with E-state index in [-0.39, 0.29) is 0 Å². The Kier molecular flexibility index (Phi) is 6.75. The number of allylic oxidation sites excluding steroid dienone is 2. The lowest BCUT2D eigenvalue weighted by molar-refractivity contribution is 0.0693. The molecule has 0 aliphatic rings. The fourth-order valence-corrected chi connectivity index (χ4v) is 5.57. The molecule has 21 heavy (non-hydrogen) atoms. The number of benzene rings is 1. The number of carboxylic acids is 1. The lowest BCUT2D eigenvalue weighted by atomic mass is 10.1. The van der Waals surface area contributed by atoms with Crippen LogP contribution < -0.4 is 0 Å². The Morgan fingerprint density at radius 3 is 2.48 bits per heavy atom. The maximum atomic E-state index is 11.5. The van der Waals surface area contributed by atoms with Gasteiger partial charge in [0.05, 0.1) is 5.56 Å². The van der Waals surface area contributed by atoms with Gasteiger partial charge < -0.3 is 5.11 Å². The van der Waals surface area contributed by atoms with Gasteiger partial charge in [0, 0.05) is 13.0 Å². The maximum absolute atomic E-state index is 11.5. The number of hydrogen-bond donors (Lipinski definition) is 1. The Hall–Kier alpha value is -1.00. The second-order valence-corrected chi connectivity index (χ2v) is 13.5. The summed E-state index contributed by atoms with van der Waals surface area (Å²) in [6, 6.07) is 6.81. The number of rotatable bonds is 7. The molecule has 1 aromatic rings. The highest BCUT2D eigenvalue weighted by Crippen LogP contribution is 2.30. The average molecular weight is 323 g/mol. The number of carboxylic acid groups (broad SMARTS) is 1. The summed E-state index contributed by atoms with van der Waals surface area (Å²) in [6.07, 6.45) is 2.96. The van der Waals surface area contributed by atoms with Gasteiger partial charge in [0.25, 0.3) is 0 Å². The van der Waals surface area contributed by atoms with Gasteiger partial charge in [0.1, 0.15) is 0 Å². The molecule has 0 amide bonds. The first-order valence-corrected chi connectivity index (χ1v) is 12.0. The zero-order valence-electron chi connectivity index (χ0n) is 13.7. The molecule has 1 rings (SSSR count). The normalized spacial score (nSPS) is 11.3. The van der Waals surface area contributed by atoms with Gasteiger partial charge in [0.15, 0.2) is 0 Å². The van der Waals surface area contributed by atoms with Crippen LogP contribution in [0.3, 0.4) is 0 Å². The summed E-state index contributed by atoms with van der Waals surface area (Å²) in [6.45, 7) is 11.2. The van der Waals surface area contributed by atoms with E-state index in [1.54, 1.807) is 17.8 Å². The Labute approximate surface area is 133 Å². The van der Waals surface area contributed by atoms with Gasteiger partial charge in [0.2, 0.25) is 0 Å². The van der Waals surface area contributed by atoms with Crippen molar-refractivity contribution in [3.63, 3.8) is 0 Å². The quantitative estimate of drug-likeness (QED) is 0.419. The molecular formula is C17H26O2SSi. The van der Waals surface area contributed by atoms with Crippen LogP contribution in [0.5, 0.6) is 0 Å². The van der Waals surface area contributed by atoms with E-state index < -0.39 is 14.0 Å². The largest absolute Gasteiger partial charge is 0.478 e. The van der Waals surface area contributed by atoms with Crippen LogP contribution in [0.2, 0.25) is 25.7 Å². The minimum absolute atomic E-state index is 0.440. The molecule has 0 unspecified atom stereocenters. The van der Waals surface area contributed by atoms with Crippen molar-refractivity contribution in [2.24, 2.45) is 0 Å². The molecule has 0 aliphatic carbocycles. The molecule has 0 aromatic heterocycles. The summed E-state index contributed by atoms with van der Waals surface area (Å²) in [4.78, 5) is 12.4. The molecule has 0 heterocycles. The lowest BCUT2D eigenvalue weighted by Crippen LogP contribution is -2.20. The van der Waals surface area contributed by atoms with E-state index >= 15 is 0 Å². The lowest BCUT2D eigenvalue weighted by Gasteiger charge is -2.17. The van der Waals surface area contributed by atoms with Crippen LogP contribution in [-0.2, 0) is 6.42 Å². The summed E-state index contributed by atoms with van der Waals surface area (Å²) in [5.41, 5.74) is 2.82. The number of hydrogen-bond acceptors (Lipinski definition) is 2. The molecule has 0 spiro atoms. The molecule has 0 aliphatic heterocycles. The van der Waals surface area contributed by atoms with Gasteiger partial charge >= 0.3 is 5.97 Å². The molecule has 0 bridgehead atoms. The fraction of sp³-hybridized carbons (Fsp3) is 0.471. The third kappa shape index (κ3) is 6.53. The van der Waals surface area contributed by atoms with Crippen molar-refractivity contribution in [3.8, 4) is 0 Å². The molecule has 116 valence electrons. The smallest absolute Gasteiger partial charge is 0.336 e. The van der Waals surface area contributed by atoms with E-state index in [9.17, 15) is 9.90 Å².